The van der Waals surface area contributed by atoms with E-state index in [1.165, 1.54) is 33.6 Å². The Bertz CT molecular complexity index is 1570. The number of hydrogen-bond acceptors (Lipinski definition) is 9. The van der Waals surface area contributed by atoms with Gasteiger partial charge in [-0.05, 0) is 23.8 Å². The van der Waals surface area contributed by atoms with Gasteiger partial charge in [0.25, 0.3) is 5.91 Å². The second-order valence-electron chi connectivity index (χ2n) is 9.15. The summed E-state index contributed by atoms with van der Waals surface area (Å²) < 4.78 is 52.9. The summed E-state index contributed by atoms with van der Waals surface area (Å²) in [5, 5.41) is 1.72. The van der Waals surface area contributed by atoms with Crippen molar-refractivity contribution in [3.8, 4) is 5.75 Å². The van der Waals surface area contributed by atoms with Gasteiger partial charge in [0.05, 0.1) is 20.3 Å². The van der Waals surface area contributed by atoms with Gasteiger partial charge in [0.15, 0.2) is 5.69 Å². The molecule has 13 heteroatoms. The predicted molar refractivity (Wildman–Crippen MR) is 138 cm³/mol. The zero-order valence-electron chi connectivity index (χ0n) is 21.2. The Morgan fingerprint density at radius 1 is 1.12 bits per heavy atom. The van der Waals surface area contributed by atoms with Crippen LogP contribution in [0.15, 0.2) is 58.4 Å². The highest BCUT2D eigenvalue weighted by atomic mass is 32.2. The molecule has 1 amide bonds. The van der Waals surface area contributed by atoms with Gasteiger partial charge in [-0.15, -0.1) is 11.8 Å². The van der Waals surface area contributed by atoms with Crippen molar-refractivity contribution in [2.45, 2.75) is 22.9 Å². The number of aromatic nitrogens is 1. The Kier molecular flexibility index (Phi) is 6.84. The molecule has 10 nitrogen and oxygen atoms in total. The Labute approximate surface area is 230 Å². The van der Waals surface area contributed by atoms with Crippen LogP contribution in [0.5, 0.6) is 5.75 Å². The number of methoxy groups -OCH3 is 1. The van der Waals surface area contributed by atoms with Crippen molar-refractivity contribution in [3.05, 3.63) is 92.9 Å². The molecule has 3 aliphatic heterocycles. The van der Waals surface area contributed by atoms with Crippen LogP contribution in [-0.2, 0) is 20.0 Å². The molecule has 6 rings (SSSR count). The average molecular weight is 572 g/mol. The normalized spacial score (nSPS) is 19.5. The van der Waals surface area contributed by atoms with E-state index in [-0.39, 0.29) is 48.1 Å². The Morgan fingerprint density at radius 2 is 1.93 bits per heavy atom. The minimum atomic E-state index is -1.03. The number of ether oxygens (including phenoxy) is 4. The topological polar surface area (TPSA) is 99.5 Å². The molecule has 3 aromatic rings. The maximum Gasteiger partial charge on any atom is 0.510 e. The predicted octanol–water partition coefficient (Wildman–Crippen LogP) is 3.39. The molecule has 0 spiro atoms. The number of halogens is 2. The molecule has 1 fully saturated rings. The Morgan fingerprint density at radius 3 is 2.75 bits per heavy atom. The first-order valence-corrected chi connectivity index (χ1v) is 13.3. The van der Waals surface area contributed by atoms with Crippen molar-refractivity contribution in [2.24, 2.45) is 0 Å². The average Bonchev–Trinajstić information content (AvgIpc) is 3.14. The smallest absolute Gasteiger partial charge is 0.451 e. The molecule has 0 N–H and O–H groups in total. The lowest BCUT2D eigenvalue weighted by Crippen LogP contribution is -2.66. The molecule has 1 saturated heterocycles. The van der Waals surface area contributed by atoms with Crippen molar-refractivity contribution in [3.63, 3.8) is 0 Å². The number of carbonyl (C=O) groups excluding carboxylic acids is 2. The molecule has 2 aromatic carbocycles. The molecule has 208 valence electrons. The van der Waals surface area contributed by atoms with Crippen molar-refractivity contribution < 1.29 is 37.3 Å². The highest BCUT2D eigenvalue weighted by Crippen LogP contribution is 2.45. The van der Waals surface area contributed by atoms with Crippen LogP contribution < -0.4 is 15.2 Å². The molecule has 2 atom stereocenters. The van der Waals surface area contributed by atoms with Crippen molar-refractivity contribution >= 4 is 23.8 Å². The van der Waals surface area contributed by atoms with Crippen molar-refractivity contribution in [1.82, 2.24) is 9.58 Å². The van der Waals surface area contributed by atoms with Crippen molar-refractivity contribution in [2.75, 3.05) is 38.7 Å². The summed E-state index contributed by atoms with van der Waals surface area (Å²) in [6.07, 6.45) is -0.368. The van der Waals surface area contributed by atoms with Crippen molar-refractivity contribution in [1.29, 1.82) is 0 Å². The minimum Gasteiger partial charge on any atom is -0.451 e. The van der Waals surface area contributed by atoms with Crippen LogP contribution in [0, 0.1) is 11.6 Å². The third kappa shape index (κ3) is 4.25. The SMILES string of the molecule is COC(=O)OCOc1c2n(ccc1=O)N([C@@H]1c3ccccc3SCc3c(F)ccc(F)c31)[C@@H]1COCCN1C2=O. The third-order valence-electron chi connectivity index (χ3n) is 7.07. The number of rotatable bonds is 4. The van der Waals surface area contributed by atoms with E-state index < -0.39 is 48.1 Å². The lowest BCUT2D eigenvalue weighted by Gasteiger charge is -2.51. The first-order valence-electron chi connectivity index (χ1n) is 12.4. The lowest BCUT2D eigenvalue weighted by atomic mass is 9.92. The van der Waals surface area contributed by atoms with E-state index in [4.69, 9.17) is 14.2 Å². The molecule has 0 radical (unpaired) electrons. The number of benzene rings is 2. The third-order valence-corrected chi connectivity index (χ3v) is 8.19. The summed E-state index contributed by atoms with van der Waals surface area (Å²) in [5.41, 5.74) is 0.244. The number of morpholine rings is 1. The van der Waals surface area contributed by atoms with E-state index in [1.54, 1.807) is 5.01 Å². The molecule has 0 unspecified atom stereocenters. The fourth-order valence-electron chi connectivity index (χ4n) is 5.32. The second kappa shape index (κ2) is 10.5. The number of fused-ring (bicyclic) bond motifs is 4. The molecule has 40 heavy (non-hydrogen) atoms. The number of thioether (sulfide) groups is 1. The molecule has 0 aliphatic carbocycles. The largest absolute Gasteiger partial charge is 0.510 e. The fourth-order valence-corrected chi connectivity index (χ4v) is 6.44. The fraction of sp³-hybridized carbons (Fsp3) is 0.296. The quantitative estimate of drug-likeness (QED) is 0.345. The summed E-state index contributed by atoms with van der Waals surface area (Å²) in [7, 11) is 1.12. The molecule has 0 saturated carbocycles. The second-order valence-corrected chi connectivity index (χ2v) is 10.2. The number of hydrogen-bond donors (Lipinski definition) is 0. The summed E-state index contributed by atoms with van der Waals surface area (Å²) >= 11 is 1.39. The molecule has 4 heterocycles. The van der Waals surface area contributed by atoms with Crippen LogP contribution >= 0.6 is 11.8 Å². The lowest BCUT2D eigenvalue weighted by molar-refractivity contribution is -0.0210. The molecular weight excluding hydrogens is 548 g/mol. The van der Waals surface area contributed by atoms with Gasteiger partial charge in [0.1, 0.15) is 23.8 Å². The highest BCUT2D eigenvalue weighted by Gasteiger charge is 2.47. The Hall–Kier alpha value is -4.10. The summed E-state index contributed by atoms with van der Waals surface area (Å²) in [4.78, 5) is 40.5. The van der Waals surface area contributed by atoms with E-state index in [9.17, 15) is 14.4 Å². The van der Waals surface area contributed by atoms with Gasteiger partial charge < -0.3 is 23.8 Å². The number of amides is 1. The minimum absolute atomic E-state index is 0.0804. The maximum absolute atomic E-state index is 15.8. The molecular formula is C27H23F2N3O7S. The van der Waals surface area contributed by atoms with E-state index >= 15 is 8.78 Å². The maximum atomic E-state index is 15.8. The zero-order chi connectivity index (χ0) is 28.0. The molecule has 1 aromatic heterocycles. The van der Waals surface area contributed by atoms with Gasteiger partial charge in [-0.2, -0.15) is 0 Å². The van der Waals surface area contributed by atoms with Gasteiger partial charge >= 0.3 is 6.16 Å². The first-order chi connectivity index (χ1) is 19.4. The van der Waals surface area contributed by atoms with Gasteiger partial charge in [-0.1, -0.05) is 18.2 Å². The molecule has 0 bridgehead atoms. The monoisotopic (exact) mass is 571 g/mol. The summed E-state index contributed by atoms with van der Waals surface area (Å²) in [6.45, 7) is -0.185. The summed E-state index contributed by atoms with van der Waals surface area (Å²) in [6, 6.07) is 9.84. The number of pyridine rings is 1. The molecule has 3 aliphatic rings. The van der Waals surface area contributed by atoms with Crippen LogP contribution in [0.1, 0.15) is 33.2 Å². The van der Waals surface area contributed by atoms with Crippen LogP contribution in [0.25, 0.3) is 0 Å². The Balaban J connectivity index is 1.59. The first kappa shape index (κ1) is 26.1. The van der Waals surface area contributed by atoms with E-state index in [1.807, 2.05) is 24.3 Å². The van der Waals surface area contributed by atoms with E-state index in [2.05, 4.69) is 4.74 Å². The summed E-state index contributed by atoms with van der Waals surface area (Å²) in [5.74, 6) is -1.84. The van der Waals surface area contributed by atoms with E-state index in [0.717, 1.165) is 24.1 Å². The van der Waals surface area contributed by atoms with Crippen LogP contribution in [-0.4, -0.2) is 61.5 Å². The highest BCUT2D eigenvalue weighted by molar-refractivity contribution is 7.98. The van der Waals surface area contributed by atoms with E-state index in [0.29, 0.717) is 5.56 Å². The zero-order valence-corrected chi connectivity index (χ0v) is 22.0. The van der Waals surface area contributed by atoms with Crippen LogP contribution in [0.3, 0.4) is 0 Å². The van der Waals surface area contributed by atoms with Crippen LogP contribution in [0.4, 0.5) is 13.6 Å². The number of nitrogens with zero attached hydrogens (tertiary/aromatic N) is 3. The van der Waals surface area contributed by atoms with Crippen LogP contribution in [0.2, 0.25) is 0 Å². The van der Waals surface area contributed by atoms with Gasteiger partial charge in [0.2, 0.25) is 18.0 Å². The van der Waals surface area contributed by atoms with Gasteiger partial charge in [-0.25, -0.2) is 13.6 Å². The van der Waals surface area contributed by atoms with Gasteiger partial charge in [0, 0.05) is 40.6 Å². The number of carbonyl (C=O) groups is 2. The van der Waals surface area contributed by atoms with Gasteiger partial charge in [-0.3, -0.25) is 19.3 Å². The standard InChI is InChI=1S/C27H23F2N3O7S/c1-36-27(35)39-14-38-25-19(33)8-9-31-24(25)26(34)30-10-11-37-12-21(30)32(31)23-15-4-2-3-5-20(15)40-13-16-17(28)6-7-18(29)22(16)23/h2-9,21,23H,10-14H2,1H3/t21-,23-/m1/s1.